The molecule has 1 aromatic heterocycles. The summed E-state index contributed by atoms with van der Waals surface area (Å²) in [7, 11) is 1.89. The number of rotatable bonds is 8. The minimum atomic E-state index is -0.293. The molecule has 0 unspecified atom stereocenters. The largest absolute Gasteiger partial charge is 0.486 e. The summed E-state index contributed by atoms with van der Waals surface area (Å²) in [6.45, 7) is 7.21. The Labute approximate surface area is 180 Å². The van der Waals surface area contributed by atoms with Crippen molar-refractivity contribution < 1.29 is 13.9 Å². The lowest BCUT2D eigenvalue weighted by Gasteiger charge is -2.17. The van der Waals surface area contributed by atoms with Crippen LogP contribution in [-0.4, -0.2) is 29.4 Å². The monoisotopic (exact) mass is 427 g/mol. The molecule has 158 valence electrons. The van der Waals surface area contributed by atoms with E-state index < -0.39 is 0 Å². The standard InChI is InChI=1S/C23H26FN3O2S/c1-15-9-16(2)23(17(3)10-15)26-21(28)12-27(4)11-19-14-30-22(25-19)13-29-20-7-5-18(24)6-8-20/h5-10,14H,11-13H2,1-4H3,(H,26,28). The van der Waals surface area contributed by atoms with Gasteiger partial charge in [0.05, 0.1) is 12.2 Å². The fourth-order valence-corrected chi connectivity index (χ4v) is 3.99. The van der Waals surface area contributed by atoms with Crippen LogP contribution in [0.3, 0.4) is 0 Å². The molecule has 2 aromatic carbocycles. The summed E-state index contributed by atoms with van der Waals surface area (Å²) in [5, 5.41) is 5.82. The van der Waals surface area contributed by atoms with Crippen LogP contribution in [0.2, 0.25) is 0 Å². The van der Waals surface area contributed by atoms with E-state index in [-0.39, 0.29) is 18.3 Å². The summed E-state index contributed by atoms with van der Waals surface area (Å²) in [4.78, 5) is 19.0. The molecule has 0 fully saturated rings. The number of hydrogen-bond acceptors (Lipinski definition) is 5. The Morgan fingerprint density at radius 3 is 2.50 bits per heavy atom. The van der Waals surface area contributed by atoms with Crippen molar-refractivity contribution in [1.29, 1.82) is 0 Å². The number of anilines is 1. The molecule has 1 N–H and O–H groups in total. The lowest BCUT2D eigenvalue weighted by atomic mass is 10.1. The zero-order valence-electron chi connectivity index (χ0n) is 17.7. The molecule has 0 spiro atoms. The molecule has 7 heteroatoms. The number of carbonyl (C=O) groups is 1. The van der Waals surface area contributed by atoms with Crippen LogP contribution in [0, 0.1) is 26.6 Å². The number of thiazole rings is 1. The van der Waals surface area contributed by atoms with Crippen LogP contribution in [0.1, 0.15) is 27.4 Å². The van der Waals surface area contributed by atoms with Gasteiger partial charge in [-0.05, 0) is 63.2 Å². The van der Waals surface area contributed by atoms with Crippen molar-refractivity contribution in [3.8, 4) is 5.75 Å². The number of amides is 1. The first kappa shape index (κ1) is 21.9. The van der Waals surface area contributed by atoms with Crippen molar-refractivity contribution in [3.63, 3.8) is 0 Å². The Morgan fingerprint density at radius 1 is 1.17 bits per heavy atom. The van der Waals surface area contributed by atoms with Crippen molar-refractivity contribution >= 4 is 22.9 Å². The average Bonchev–Trinajstić information content (AvgIpc) is 3.11. The summed E-state index contributed by atoms with van der Waals surface area (Å²) < 4.78 is 18.6. The van der Waals surface area contributed by atoms with E-state index in [9.17, 15) is 9.18 Å². The summed E-state index contributed by atoms with van der Waals surface area (Å²) in [5.41, 5.74) is 5.08. The summed E-state index contributed by atoms with van der Waals surface area (Å²) in [6.07, 6.45) is 0. The van der Waals surface area contributed by atoms with Gasteiger partial charge in [-0.2, -0.15) is 0 Å². The Bertz CT molecular complexity index is 995. The molecule has 1 heterocycles. The fraction of sp³-hybridized carbons (Fsp3) is 0.304. The van der Waals surface area contributed by atoms with Gasteiger partial charge in [0.2, 0.25) is 5.91 Å². The molecule has 0 aliphatic heterocycles. The number of ether oxygens (including phenoxy) is 1. The number of benzene rings is 2. The molecular formula is C23H26FN3O2S. The average molecular weight is 428 g/mol. The predicted molar refractivity (Wildman–Crippen MR) is 118 cm³/mol. The Hall–Kier alpha value is -2.77. The number of aromatic nitrogens is 1. The highest BCUT2D eigenvalue weighted by atomic mass is 32.1. The maximum Gasteiger partial charge on any atom is 0.238 e. The Morgan fingerprint density at radius 2 is 1.83 bits per heavy atom. The second kappa shape index (κ2) is 9.82. The molecule has 0 aliphatic rings. The van der Waals surface area contributed by atoms with E-state index in [1.807, 2.05) is 38.1 Å². The van der Waals surface area contributed by atoms with Crippen LogP contribution < -0.4 is 10.1 Å². The predicted octanol–water partition coefficient (Wildman–Crippen LogP) is 4.86. The van der Waals surface area contributed by atoms with Gasteiger partial charge in [-0.15, -0.1) is 11.3 Å². The van der Waals surface area contributed by atoms with Gasteiger partial charge in [0.15, 0.2) is 0 Å². The topological polar surface area (TPSA) is 54.5 Å². The normalized spacial score (nSPS) is 11.0. The van der Waals surface area contributed by atoms with Crippen LogP contribution >= 0.6 is 11.3 Å². The maximum atomic E-state index is 12.9. The first-order valence-corrected chi connectivity index (χ1v) is 10.6. The third kappa shape index (κ3) is 6.11. The van der Waals surface area contributed by atoms with Crippen molar-refractivity contribution in [2.75, 3.05) is 18.9 Å². The first-order chi connectivity index (χ1) is 14.3. The fourth-order valence-electron chi connectivity index (χ4n) is 3.30. The number of carbonyl (C=O) groups excluding carboxylic acids is 1. The zero-order valence-corrected chi connectivity index (χ0v) is 18.5. The van der Waals surface area contributed by atoms with Crippen LogP contribution in [0.4, 0.5) is 10.1 Å². The second-order valence-corrected chi connectivity index (χ2v) is 8.41. The SMILES string of the molecule is Cc1cc(C)c(NC(=O)CN(C)Cc2csc(COc3ccc(F)cc3)n2)c(C)c1. The number of halogens is 1. The van der Waals surface area contributed by atoms with E-state index in [1.54, 1.807) is 12.1 Å². The second-order valence-electron chi connectivity index (χ2n) is 7.47. The number of nitrogens with one attached hydrogen (secondary N) is 1. The van der Waals surface area contributed by atoms with Gasteiger partial charge in [0, 0.05) is 17.6 Å². The molecule has 0 bridgehead atoms. The molecule has 1 amide bonds. The van der Waals surface area contributed by atoms with E-state index >= 15 is 0 Å². The molecule has 3 rings (SSSR count). The third-order valence-corrected chi connectivity index (χ3v) is 5.43. The van der Waals surface area contributed by atoms with Crippen molar-refractivity contribution in [3.05, 3.63) is 75.0 Å². The van der Waals surface area contributed by atoms with Crippen molar-refractivity contribution in [1.82, 2.24) is 9.88 Å². The minimum absolute atomic E-state index is 0.0531. The lowest BCUT2D eigenvalue weighted by molar-refractivity contribution is -0.117. The number of hydrogen-bond donors (Lipinski definition) is 1. The third-order valence-electron chi connectivity index (χ3n) is 4.56. The van der Waals surface area contributed by atoms with Gasteiger partial charge in [0.1, 0.15) is 23.2 Å². The highest BCUT2D eigenvalue weighted by Gasteiger charge is 2.12. The zero-order chi connectivity index (χ0) is 21.7. The van der Waals surface area contributed by atoms with E-state index in [0.29, 0.717) is 18.9 Å². The Kier molecular flexibility index (Phi) is 7.18. The van der Waals surface area contributed by atoms with Gasteiger partial charge in [-0.1, -0.05) is 17.7 Å². The van der Waals surface area contributed by atoms with Gasteiger partial charge >= 0.3 is 0 Å². The first-order valence-electron chi connectivity index (χ1n) is 9.68. The van der Waals surface area contributed by atoms with E-state index in [4.69, 9.17) is 4.74 Å². The van der Waals surface area contributed by atoms with Gasteiger partial charge < -0.3 is 10.1 Å². The van der Waals surface area contributed by atoms with E-state index in [0.717, 1.165) is 27.5 Å². The summed E-state index contributed by atoms with van der Waals surface area (Å²) >= 11 is 1.50. The number of aryl methyl sites for hydroxylation is 3. The highest BCUT2D eigenvalue weighted by Crippen LogP contribution is 2.22. The van der Waals surface area contributed by atoms with Gasteiger partial charge in [-0.25, -0.2) is 9.37 Å². The highest BCUT2D eigenvalue weighted by molar-refractivity contribution is 7.09. The van der Waals surface area contributed by atoms with Crippen LogP contribution in [-0.2, 0) is 17.9 Å². The van der Waals surface area contributed by atoms with Gasteiger partial charge in [-0.3, -0.25) is 9.69 Å². The Balaban J connectivity index is 1.49. The van der Waals surface area contributed by atoms with Crippen LogP contribution in [0.25, 0.3) is 0 Å². The number of nitrogens with zero attached hydrogens (tertiary/aromatic N) is 2. The molecule has 30 heavy (non-hydrogen) atoms. The summed E-state index contributed by atoms with van der Waals surface area (Å²) in [6, 6.07) is 10.0. The maximum absolute atomic E-state index is 12.9. The van der Waals surface area contributed by atoms with Gasteiger partial charge in [0.25, 0.3) is 0 Å². The molecule has 5 nitrogen and oxygen atoms in total. The minimum Gasteiger partial charge on any atom is -0.486 e. The van der Waals surface area contributed by atoms with Crippen LogP contribution in [0.5, 0.6) is 5.75 Å². The van der Waals surface area contributed by atoms with E-state index in [2.05, 4.69) is 22.4 Å². The van der Waals surface area contributed by atoms with E-state index in [1.165, 1.54) is 29.0 Å². The lowest BCUT2D eigenvalue weighted by Crippen LogP contribution is -2.30. The number of likely N-dealkylation sites (N-methyl/N-ethyl adjacent to an activating group) is 1. The smallest absolute Gasteiger partial charge is 0.238 e. The van der Waals surface area contributed by atoms with Crippen molar-refractivity contribution in [2.24, 2.45) is 0 Å². The summed E-state index contributed by atoms with van der Waals surface area (Å²) in [5.74, 6) is 0.255. The molecule has 3 aromatic rings. The molecule has 0 saturated carbocycles. The van der Waals surface area contributed by atoms with Crippen molar-refractivity contribution in [2.45, 2.75) is 33.9 Å². The van der Waals surface area contributed by atoms with Crippen LogP contribution in [0.15, 0.2) is 41.8 Å². The molecule has 0 radical (unpaired) electrons. The molecule has 0 saturated heterocycles. The molecule has 0 atom stereocenters. The quantitative estimate of drug-likeness (QED) is 0.558. The molecule has 0 aliphatic carbocycles. The molecular weight excluding hydrogens is 401 g/mol.